The summed E-state index contributed by atoms with van der Waals surface area (Å²) in [6.45, 7) is 2.57. The van der Waals surface area contributed by atoms with Crippen molar-refractivity contribution in [2.45, 2.75) is 6.92 Å². The Balaban J connectivity index is 2.21. The van der Waals surface area contributed by atoms with Gasteiger partial charge < -0.3 is 11.1 Å². The van der Waals surface area contributed by atoms with Gasteiger partial charge in [-0.05, 0) is 25.1 Å². The number of fused-ring (bicyclic) bond motifs is 1. The van der Waals surface area contributed by atoms with E-state index in [2.05, 4.69) is 26.5 Å². The number of nitrogens with one attached hydrogen (secondary N) is 1. The van der Waals surface area contributed by atoms with E-state index in [1.54, 1.807) is 18.3 Å². The molecule has 2 heterocycles. The minimum Gasteiger partial charge on any atom is -0.382 e. The zero-order chi connectivity index (χ0) is 15.7. The van der Waals surface area contributed by atoms with Gasteiger partial charge in [-0.25, -0.2) is 0 Å². The lowest BCUT2D eigenvalue weighted by molar-refractivity contribution is 0.835. The number of nitrogens with two attached hydrogens (primary N) is 1. The van der Waals surface area contributed by atoms with Crippen molar-refractivity contribution in [2.75, 3.05) is 17.6 Å². The summed E-state index contributed by atoms with van der Waals surface area (Å²) in [6.07, 6.45) is 1.68. The van der Waals surface area contributed by atoms with Crippen LogP contribution in [0.1, 0.15) is 12.5 Å². The molecule has 0 bridgehead atoms. The summed E-state index contributed by atoms with van der Waals surface area (Å²) >= 11 is 6.09. The normalized spacial score (nSPS) is 10.6. The molecule has 3 aromatic rings. The highest BCUT2D eigenvalue weighted by atomic mass is 35.5. The van der Waals surface area contributed by atoms with E-state index >= 15 is 0 Å². The van der Waals surface area contributed by atoms with Gasteiger partial charge in [0, 0.05) is 11.9 Å². The Kier molecular flexibility index (Phi) is 3.53. The summed E-state index contributed by atoms with van der Waals surface area (Å²) in [4.78, 5) is 8.53. The van der Waals surface area contributed by atoms with Gasteiger partial charge >= 0.3 is 0 Å². The lowest BCUT2D eigenvalue weighted by Gasteiger charge is -2.09. The minimum atomic E-state index is 0.169. The molecule has 0 radical (unpaired) electrons. The minimum absolute atomic E-state index is 0.169. The maximum absolute atomic E-state index is 9.03. The predicted octanol–water partition coefficient (Wildman–Crippen LogP) is 2.35. The Morgan fingerprint density at radius 3 is 2.95 bits per heavy atom. The number of halogens is 1. The number of rotatable bonds is 3. The number of nitrogen functional groups attached to an aromatic ring is 1. The largest absolute Gasteiger partial charge is 0.382 e. The van der Waals surface area contributed by atoms with Gasteiger partial charge in [-0.15, -0.1) is 0 Å². The van der Waals surface area contributed by atoms with E-state index in [-0.39, 0.29) is 10.8 Å². The molecule has 0 aliphatic carbocycles. The van der Waals surface area contributed by atoms with Crippen LogP contribution in [0, 0.1) is 11.3 Å². The number of hydrogen-bond donors (Lipinski definition) is 2. The van der Waals surface area contributed by atoms with Crippen LogP contribution in [0.15, 0.2) is 24.4 Å². The number of nitrogens with zero attached hydrogens (tertiary/aromatic N) is 5. The summed E-state index contributed by atoms with van der Waals surface area (Å²) < 4.78 is 1.53. The second-order valence-corrected chi connectivity index (χ2v) is 4.92. The summed E-state index contributed by atoms with van der Waals surface area (Å²) in [6, 6.07) is 7.38. The third kappa shape index (κ3) is 2.29. The maximum Gasteiger partial charge on any atom is 0.255 e. The molecule has 7 nitrogen and oxygen atoms in total. The lowest BCUT2D eigenvalue weighted by Crippen LogP contribution is -2.10. The molecule has 8 heteroatoms. The zero-order valence-corrected chi connectivity index (χ0v) is 12.5. The van der Waals surface area contributed by atoms with E-state index < -0.39 is 0 Å². The van der Waals surface area contributed by atoms with Crippen LogP contribution in [-0.2, 0) is 0 Å². The molecule has 3 N–H and O–H groups in total. The molecular weight excluding hydrogens is 302 g/mol. The quantitative estimate of drug-likeness (QED) is 0.769. The van der Waals surface area contributed by atoms with Crippen LogP contribution in [0.2, 0.25) is 5.02 Å². The zero-order valence-electron chi connectivity index (χ0n) is 11.7. The second kappa shape index (κ2) is 5.50. The fourth-order valence-corrected chi connectivity index (χ4v) is 2.23. The Labute approximate surface area is 131 Å². The van der Waals surface area contributed by atoms with Gasteiger partial charge in [0.2, 0.25) is 0 Å². The van der Waals surface area contributed by atoms with Crippen LogP contribution in [0.4, 0.5) is 11.6 Å². The molecule has 0 saturated heterocycles. The summed E-state index contributed by atoms with van der Waals surface area (Å²) in [5.74, 6) is 0.914. The fourth-order valence-electron chi connectivity index (χ4n) is 2.08. The molecular formula is C14H12ClN7. The van der Waals surface area contributed by atoms with Crippen LogP contribution in [0.3, 0.4) is 0 Å². The van der Waals surface area contributed by atoms with Gasteiger partial charge in [0.15, 0.2) is 5.82 Å². The molecule has 0 aliphatic heterocycles. The molecule has 0 amide bonds. The van der Waals surface area contributed by atoms with Crippen LogP contribution in [0.5, 0.6) is 0 Å². The van der Waals surface area contributed by atoms with Crippen molar-refractivity contribution < 1.29 is 0 Å². The first kappa shape index (κ1) is 14.1. The summed E-state index contributed by atoms with van der Waals surface area (Å²) in [5, 5.41) is 17.5. The molecule has 0 atom stereocenters. The molecule has 22 heavy (non-hydrogen) atoms. The average molecular weight is 314 g/mol. The molecule has 1 aromatic carbocycles. The highest BCUT2D eigenvalue weighted by Gasteiger charge is 2.14. The molecule has 0 aliphatic rings. The lowest BCUT2D eigenvalue weighted by atomic mass is 10.2. The van der Waals surface area contributed by atoms with Gasteiger partial charge in [-0.2, -0.15) is 25.0 Å². The Morgan fingerprint density at radius 1 is 1.41 bits per heavy atom. The number of benzene rings is 1. The average Bonchev–Trinajstić information content (AvgIpc) is 2.94. The van der Waals surface area contributed by atoms with E-state index in [9.17, 15) is 0 Å². The van der Waals surface area contributed by atoms with E-state index in [1.807, 2.05) is 13.0 Å². The standard InChI is InChI=1S/C14H12ClN7/c1-2-18-13-11(15)12(17)20-14(21-13)22-10-5-8(6-16)3-4-9(10)7-19-22/h3-5,7H,2H2,1H3,(H3,17,18,20,21). The Morgan fingerprint density at radius 2 is 2.23 bits per heavy atom. The molecule has 110 valence electrons. The summed E-state index contributed by atoms with van der Waals surface area (Å²) in [7, 11) is 0. The van der Waals surface area contributed by atoms with Crippen molar-refractivity contribution in [3.63, 3.8) is 0 Å². The molecule has 3 rings (SSSR count). The third-order valence-corrected chi connectivity index (χ3v) is 3.47. The monoisotopic (exact) mass is 313 g/mol. The van der Waals surface area contributed by atoms with Crippen LogP contribution in [0.25, 0.3) is 16.9 Å². The first-order chi connectivity index (χ1) is 10.6. The van der Waals surface area contributed by atoms with Crippen LogP contribution in [-0.4, -0.2) is 26.3 Å². The van der Waals surface area contributed by atoms with Gasteiger partial charge in [-0.1, -0.05) is 11.6 Å². The summed E-state index contributed by atoms with van der Waals surface area (Å²) in [5.41, 5.74) is 7.10. The molecule has 0 unspecified atom stereocenters. The Bertz CT molecular complexity index is 894. The number of nitriles is 1. The highest BCUT2D eigenvalue weighted by molar-refractivity contribution is 6.35. The number of aromatic nitrogens is 4. The van der Waals surface area contributed by atoms with Gasteiger partial charge in [0.25, 0.3) is 5.95 Å². The molecule has 2 aromatic heterocycles. The molecule has 0 fully saturated rings. The Hall–Kier alpha value is -2.85. The number of hydrogen-bond acceptors (Lipinski definition) is 6. The third-order valence-electron chi connectivity index (χ3n) is 3.10. The van der Waals surface area contributed by atoms with Crippen molar-refractivity contribution in [1.82, 2.24) is 19.7 Å². The first-order valence-corrected chi connectivity index (χ1v) is 6.97. The van der Waals surface area contributed by atoms with E-state index in [1.165, 1.54) is 4.68 Å². The second-order valence-electron chi connectivity index (χ2n) is 4.54. The van der Waals surface area contributed by atoms with Crippen molar-refractivity contribution in [3.05, 3.63) is 35.0 Å². The van der Waals surface area contributed by atoms with Gasteiger partial charge in [0.05, 0.1) is 23.3 Å². The van der Waals surface area contributed by atoms with E-state index in [4.69, 9.17) is 22.6 Å². The van der Waals surface area contributed by atoms with E-state index in [0.717, 1.165) is 10.9 Å². The molecule has 0 spiro atoms. The van der Waals surface area contributed by atoms with Crippen LogP contribution < -0.4 is 11.1 Å². The van der Waals surface area contributed by atoms with Gasteiger partial charge in [-0.3, -0.25) is 0 Å². The smallest absolute Gasteiger partial charge is 0.255 e. The molecule has 0 saturated carbocycles. The number of anilines is 2. The van der Waals surface area contributed by atoms with Crippen molar-refractivity contribution in [2.24, 2.45) is 0 Å². The first-order valence-electron chi connectivity index (χ1n) is 6.59. The SMILES string of the molecule is CCNc1nc(-n2ncc3ccc(C#N)cc32)nc(N)c1Cl. The highest BCUT2D eigenvalue weighted by Crippen LogP contribution is 2.26. The van der Waals surface area contributed by atoms with E-state index in [0.29, 0.717) is 23.9 Å². The van der Waals surface area contributed by atoms with Crippen molar-refractivity contribution in [3.8, 4) is 12.0 Å². The van der Waals surface area contributed by atoms with Crippen molar-refractivity contribution in [1.29, 1.82) is 5.26 Å². The van der Waals surface area contributed by atoms with Crippen molar-refractivity contribution >= 4 is 34.1 Å². The van der Waals surface area contributed by atoms with Crippen LogP contribution >= 0.6 is 11.6 Å². The predicted molar refractivity (Wildman–Crippen MR) is 85.0 cm³/mol. The topological polar surface area (TPSA) is 105 Å². The fraction of sp³-hybridized carbons (Fsp3) is 0.143. The maximum atomic E-state index is 9.03. The van der Waals surface area contributed by atoms with Gasteiger partial charge in [0.1, 0.15) is 10.8 Å².